The summed E-state index contributed by atoms with van der Waals surface area (Å²) in [5.74, 6) is -30.8. The molecule has 0 bridgehead atoms. The maximum atomic E-state index is 15.0. The quantitative estimate of drug-likeness (QED) is 0.159. The number of carbonyl (C=O) groups is 2. The van der Waals surface area contributed by atoms with Crippen LogP contribution in [-0.4, -0.2) is 105 Å². The normalized spacial score (nSPS) is 34.1. The highest BCUT2D eigenvalue weighted by atomic mass is 19.4. The minimum absolute atomic E-state index is 0.0497. The van der Waals surface area contributed by atoms with Gasteiger partial charge in [-0.3, -0.25) is 0 Å². The van der Waals surface area contributed by atoms with Gasteiger partial charge in [0.2, 0.25) is 0 Å². The zero-order chi connectivity index (χ0) is 48.7. The fourth-order valence-corrected chi connectivity index (χ4v) is 6.65. The van der Waals surface area contributed by atoms with Crippen LogP contribution in [0.25, 0.3) is 0 Å². The van der Waals surface area contributed by atoms with Crippen LogP contribution >= 0.6 is 0 Å². The Labute approximate surface area is 326 Å². The first-order valence-electron chi connectivity index (χ1n) is 16.4. The summed E-state index contributed by atoms with van der Waals surface area (Å²) in [6.45, 7) is 3.92. The van der Waals surface area contributed by atoms with Gasteiger partial charge in [0, 0.05) is 12.8 Å². The summed E-state index contributed by atoms with van der Waals surface area (Å²) in [5, 5.41) is 19.2. The molecule has 3 rings (SSSR count). The van der Waals surface area contributed by atoms with Gasteiger partial charge >= 0.3 is 72.4 Å². The molecule has 30 heteroatoms. The van der Waals surface area contributed by atoms with Crippen LogP contribution in [-0.2, 0) is 28.5 Å². The second-order valence-electron chi connectivity index (χ2n) is 14.6. The molecule has 3 fully saturated rings. The van der Waals surface area contributed by atoms with Gasteiger partial charge in [-0.1, -0.05) is 32.4 Å². The maximum Gasteiger partial charge on any atom is 0.449 e. The molecule has 356 valence electrons. The van der Waals surface area contributed by atoms with Crippen molar-refractivity contribution in [2.45, 2.75) is 149 Å². The lowest BCUT2D eigenvalue weighted by Gasteiger charge is -2.58. The van der Waals surface area contributed by atoms with E-state index in [9.17, 15) is 116 Å². The van der Waals surface area contributed by atoms with Crippen LogP contribution in [0.15, 0.2) is 24.3 Å². The molecule has 3 aliphatic rings. The molecule has 2 N–H and O–H groups in total. The van der Waals surface area contributed by atoms with E-state index < -0.39 is 138 Å². The van der Waals surface area contributed by atoms with E-state index in [1.807, 2.05) is 0 Å². The van der Waals surface area contributed by atoms with Gasteiger partial charge in [-0.2, -0.15) is 96.6 Å². The van der Waals surface area contributed by atoms with Gasteiger partial charge in [0.05, 0.1) is 0 Å². The number of aliphatic hydroxyl groups is 2. The van der Waals surface area contributed by atoms with Crippen molar-refractivity contribution >= 4 is 11.9 Å². The van der Waals surface area contributed by atoms with Crippen LogP contribution in [0.1, 0.15) is 65.7 Å². The molecule has 0 amide bonds. The molecule has 1 saturated carbocycles. The van der Waals surface area contributed by atoms with Crippen molar-refractivity contribution in [3.63, 3.8) is 0 Å². The summed E-state index contributed by atoms with van der Waals surface area (Å²) in [6.07, 6.45) is -40.9. The van der Waals surface area contributed by atoms with Gasteiger partial charge in [0.1, 0.15) is 11.1 Å². The first kappa shape index (κ1) is 53.9. The second-order valence-corrected chi connectivity index (χ2v) is 14.6. The number of ether oxygens (including phenoxy) is 4. The van der Waals surface area contributed by atoms with E-state index in [0.717, 1.165) is 0 Å². The Kier molecular flexibility index (Phi) is 13.7. The Morgan fingerprint density at radius 3 is 1.16 bits per heavy atom. The number of hydrogen-bond donors (Lipinski definition) is 2. The van der Waals surface area contributed by atoms with Gasteiger partial charge in [0.15, 0.2) is 22.4 Å². The van der Waals surface area contributed by atoms with Crippen molar-refractivity contribution in [3.05, 3.63) is 24.3 Å². The van der Waals surface area contributed by atoms with Crippen molar-refractivity contribution in [1.29, 1.82) is 0 Å². The summed E-state index contributed by atoms with van der Waals surface area (Å²) in [5.41, 5.74) is -21.7. The lowest BCUT2D eigenvalue weighted by molar-refractivity contribution is -0.522. The highest BCUT2D eigenvalue weighted by Gasteiger charge is 2.88. The van der Waals surface area contributed by atoms with Gasteiger partial charge in [0.25, 0.3) is 0 Å². The van der Waals surface area contributed by atoms with Crippen molar-refractivity contribution in [2.75, 3.05) is 0 Å². The minimum Gasteiger partial charge on any atom is -0.449 e. The minimum atomic E-state index is -6.57. The molecule has 0 spiro atoms. The van der Waals surface area contributed by atoms with Crippen LogP contribution in [0.2, 0.25) is 0 Å². The van der Waals surface area contributed by atoms with Gasteiger partial charge in [-0.05, 0) is 39.5 Å². The Hall–Kier alpha value is -3.28. The van der Waals surface area contributed by atoms with Gasteiger partial charge < -0.3 is 29.2 Å². The number of alkyl halides is 22. The number of carbonyl (C=O) groups excluding carboxylic acids is 2. The Morgan fingerprint density at radius 1 is 0.541 bits per heavy atom. The Bertz CT molecular complexity index is 1690. The van der Waals surface area contributed by atoms with Gasteiger partial charge in [-0.15, -0.1) is 0 Å². The molecule has 0 aromatic heterocycles. The van der Waals surface area contributed by atoms with E-state index in [0.29, 0.717) is 6.42 Å². The maximum absolute atomic E-state index is 15.0. The van der Waals surface area contributed by atoms with Crippen LogP contribution in [0, 0.1) is 5.92 Å². The average Bonchev–Trinajstić information content (AvgIpc) is 3.03. The summed E-state index contributed by atoms with van der Waals surface area (Å²) in [7, 11) is 0. The van der Waals surface area contributed by atoms with E-state index in [4.69, 9.17) is 0 Å². The SMILES string of the molecule is C=C(C(=O)OC1(C)CC(C)(C(F)(F)F)OC(O)(C(F)(F)F)C1(F)F)C(F)(F)F.C=C(C(=O)OC1(C)CC(C2CCCCC2)(C(F)(F)F)OC(O)(C(F)(F)F)C1(F)F)C(F)(F)F. The highest BCUT2D eigenvalue weighted by Crippen LogP contribution is 2.64. The van der Waals surface area contributed by atoms with E-state index in [2.05, 4.69) is 32.1 Å². The molecule has 2 saturated heterocycles. The Balaban J connectivity index is 0.000000426. The third-order valence-corrected chi connectivity index (χ3v) is 10.1. The lowest BCUT2D eigenvalue weighted by atomic mass is 9.67. The first-order chi connectivity index (χ1) is 26.5. The largest absolute Gasteiger partial charge is 0.449 e. The molecule has 1 aliphatic carbocycles. The topological polar surface area (TPSA) is 112 Å². The number of esters is 2. The van der Waals surface area contributed by atoms with Crippen LogP contribution in [0.4, 0.5) is 96.6 Å². The number of halogens is 22. The highest BCUT2D eigenvalue weighted by molar-refractivity contribution is 5.90. The predicted octanol–water partition coefficient (Wildman–Crippen LogP) is 9.63. The summed E-state index contributed by atoms with van der Waals surface area (Å²) in [6, 6.07) is 0. The van der Waals surface area contributed by atoms with Crippen molar-refractivity contribution < 1.29 is 135 Å². The van der Waals surface area contributed by atoms with Gasteiger partial charge in [-0.25, -0.2) is 9.59 Å². The summed E-state index contributed by atoms with van der Waals surface area (Å²) in [4.78, 5) is 23.2. The standard InChI is InChI=1S/C18H19F11O4.C13H11F11O4/c1-9(14(19,20)21)11(30)32-12(2)8-13(17(24,25)26,10-6-4-3-5-7-10)33-16(31,15(12,22)23)18(27,28)29;1-5(9(14,15)16)6(25)27-7(2)4-8(3,12(19,20)21)28-11(26,10(7,17)18)13(22,23)24/h10,31H,1,3-8H2,2H3;26H,1,4H2,2-3H3. The molecule has 8 nitrogen and oxygen atoms in total. The van der Waals surface area contributed by atoms with E-state index in [-0.39, 0.29) is 33.6 Å². The Morgan fingerprint density at radius 2 is 0.869 bits per heavy atom. The number of rotatable bonds is 5. The molecular weight excluding hydrogens is 918 g/mol. The predicted molar refractivity (Wildman–Crippen MR) is 153 cm³/mol. The molecule has 0 radical (unpaired) electrons. The first-order valence-corrected chi connectivity index (χ1v) is 16.4. The summed E-state index contributed by atoms with van der Waals surface area (Å²) >= 11 is 0. The van der Waals surface area contributed by atoms with Crippen molar-refractivity contribution in [1.82, 2.24) is 0 Å². The summed E-state index contributed by atoms with van der Waals surface area (Å²) < 4.78 is 311. The van der Waals surface area contributed by atoms with E-state index in [1.54, 1.807) is 0 Å². The van der Waals surface area contributed by atoms with Crippen molar-refractivity contribution in [2.24, 2.45) is 5.92 Å². The fourth-order valence-electron chi connectivity index (χ4n) is 6.65. The molecular formula is C31H30F22O8. The van der Waals surface area contributed by atoms with Crippen LogP contribution in [0.3, 0.4) is 0 Å². The zero-order valence-electron chi connectivity index (χ0n) is 30.6. The second kappa shape index (κ2) is 15.5. The smallest absolute Gasteiger partial charge is 0.449 e. The molecule has 2 aliphatic heterocycles. The molecule has 0 aromatic carbocycles. The lowest BCUT2D eigenvalue weighted by Crippen LogP contribution is -2.80. The molecule has 2 heterocycles. The zero-order valence-corrected chi connectivity index (χ0v) is 30.6. The van der Waals surface area contributed by atoms with Crippen LogP contribution in [0.5, 0.6) is 0 Å². The molecule has 0 aromatic rings. The number of hydrogen-bond acceptors (Lipinski definition) is 8. The fraction of sp³-hybridized carbons (Fsp3) is 0.806. The molecule has 6 atom stereocenters. The van der Waals surface area contributed by atoms with E-state index >= 15 is 0 Å². The van der Waals surface area contributed by atoms with E-state index in [1.165, 1.54) is 0 Å². The average molecular weight is 949 g/mol. The van der Waals surface area contributed by atoms with Crippen molar-refractivity contribution in [3.8, 4) is 0 Å². The third kappa shape index (κ3) is 9.09. The third-order valence-electron chi connectivity index (χ3n) is 10.1. The molecule has 6 unspecified atom stereocenters. The molecule has 61 heavy (non-hydrogen) atoms. The van der Waals surface area contributed by atoms with Crippen LogP contribution < -0.4 is 0 Å². The monoisotopic (exact) mass is 948 g/mol.